The molecule has 1 amide bonds. The van der Waals surface area contributed by atoms with Gasteiger partial charge in [-0.3, -0.25) is 4.79 Å². The zero-order valence-electron chi connectivity index (χ0n) is 17.2. The second kappa shape index (κ2) is 10.6. The molecule has 0 fully saturated rings. The monoisotopic (exact) mass is 476 g/mol. The summed E-state index contributed by atoms with van der Waals surface area (Å²) in [6.07, 6.45) is 0.0893. The topological polar surface area (TPSA) is 84.5 Å². The number of benzene rings is 3. The lowest BCUT2D eigenvalue weighted by molar-refractivity contribution is -0.117. The van der Waals surface area contributed by atoms with Crippen molar-refractivity contribution in [2.24, 2.45) is 0 Å². The normalized spacial score (nSPS) is 12.2. The summed E-state index contributed by atoms with van der Waals surface area (Å²) in [7, 11) is -4.10. The minimum atomic E-state index is -4.10. The maximum absolute atomic E-state index is 13.5. The van der Waals surface area contributed by atoms with E-state index in [0.717, 1.165) is 11.6 Å². The molecule has 0 saturated heterocycles. The smallest absolute Gasteiger partial charge is 0.242 e. The van der Waals surface area contributed by atoms with Crippen molar-refractivity contribution in [2.45, 2.75) is 24.3 Å². The van der Waals surface area contributed by atoms with Crippen molar-refractivity contribution < 1.29 is 22.3 Å². The Bertz CT molecular complexity index is 1190. The van der Waals surface area contributed by atoms with Gasteiger partial charge < -0.3 is 10.1 Å². The van der Waals surface area contributed by atoms with E-state index in [1.165, 1.54) is 36.4 Å². The second-order valence-corrected chi connectivity index (χ2v) is 9.01. The van der Waals surface area contributed by atoms with Crippen LogP contribution in [0.25, 0.3) is 0 Å². The summed E-state index contributed by atoms with van der Waals surface area (Å²) in [6, 6.07) is 17.2. The minimum absolute atomic E-state index is 0.0893. The van der Waals surface area contributed by atoms with Crippen LogP contribution in [0, 0.1) is 5.82 Å². The molecule has 6 nitrogen and oxygen atoms in total. The Morgan fingerprint density at radius 1 is 1.06 bits per heavy atom. The number of halogens is 2. The molecule has 0 aliphatic carbocycles. The van der Waals surface area contributed by atoms with Crippen molar-refractivity contribution in [1.29, 1.82) is 0 Å². The maximum Gasteiger partial charge on any atom is 0.242 e. The van der Waals surface area contributed by atoms with E-state index in [0.29, 0.717) is 12.4 Å². The van der Waals surface area contributed by atoms with E-state index in [2.05, 4.69) is 10.0 Å². The average molecular weight is 477 g/mol. The number of carbonyl (C=O) groups is 1. The highest BCUT2D eigenvalue weighted by Gasteiger charge is 2.27. The molecule has 9 heteroatoms. The fourth-order valence-electron chi connectivity index (χ4n) is 3.01. The van der Waals surface area contributed by atoms with Crippen molar-refractivity contribution in [3.8, 4) is 5.75 Å². The molecule has 0 heterocycles. The number of amides is 1. The second-order valence-electron chi connectivity index (χ2n) is 6.89. The molecule has 3 aromatic rings. The summed E-state index contributed by atoms with van der Waals surface area (Å²) in [5.41, 5.74) is 0.968. The van der Waals surface area contributed by atoms with Crippen LogP contribution < -0.4 is 14.8 Å². The van der Waals surface area contributed by atoms with Gasteiger partial charge in [-0.1, -0.05) is 48.0 Å². The fourth-order valence-corrected chi connectivity index (χ4v) is 4.53. The van der Waals surface area contributed by atoms with Gasteiger partial charge in [0.25, 0.3) is 0 Å². The zero-order valence-corrected chi connectivity index (χ0v) is 18.8. The van der Waals surface area contributed by atoms with Gasteiger partial charge >= 0.3 is 0 Å². The molecule has 168 valence electrons. The highest BCUT2D eigenvalue weighted by molar-refractivity contribution is 7.89. The Morgan fingerprint density at radius 2 is 1.81 bits per heavy atom. The van der Waals surface area contributed by atoms with E-state index in [1.807, 2.05) is 6.07 Å². The van der Waals surface area contributed by atoms with Crippen LogP contribution in [0.15, 0.2) is 77.7 Å². The third-order valence-electron chi connectivity index (χ3n) is 4.50. The van der Waals surface area contributed by atoms with E-state index in [-0.39, 0.29) is 22.0 Å². The minimum Gasteiger partial charge on any atom is -0.492 e. The lowest BCUT2D eigenvalue weighted by Gasteiger charge is -2.19. The van der Waals surface area contributed by atoms with Gasteiger partial charge in [0.1, 0.15) is 17.6 Å². The van der Waals surface area contributed by atoms with Crippen molar-refractivity contribution in [3.05, 3.63) is 89.2 Å². The molecule has 0 aliphatic rings. The van der Waals surface area contributed by atoms with Crippen molar-refractivity contribution in [2.75, 3.05) is 11.9 Å². The molecule has 1 atom stereocenters. The highest BCUT2D eigenvalue weighted by Crippen LogP contribution is 2.27. The standard InChI is InChI=1S/C23H22ClFN2O4S/c1-2-31-22-12-11-19(15-20(22)24)32(29,30)27-21(13-16-7-4-3-5-8-16)23(28)26-18-10-6-9-17(25)14-18/h3-12,14-15,21,27H,2,13H2,1H3,(H,26,28)/t21-/m1/s1. The number of ether oxygens (including phenoxy) is 1. The molecule has 0 bridgehead atoms. The van der Waals surface area contributed by atoms with E-state index >= 15 is 0 Å². The van der Waals surface area contributed by atoms with E-state index in [1.54, 1.807) is 31.2 Å². The molecule has 32 heavy (non-hydrogen) atoms. The van der Waals surface area contributed by atoms with Crippen LogP contribution in [0.4, 0.5) is 10.1 Å². The molecule has 3 rings (SSSR count). The lowest BCUT2D eigenvalue weighted by atomic mass is 10.1. The van der Waals surface area contributed by atoms with E-state index < -0.39 is 27.8 Å². The number of rotatable bonds is 9. The lowest BCUT2D eigenvalue weighted by Crippen LogP contribution is -2.45. The Labute approximate surface area is 191 Å². The van der Waals surface area contributed by atoms with Gasteiger partial charge in [-0.15, -0.1) is 0 Å². The van der Waals surface area contributed by atoms with Gasteiger partial charge in [0.05, 0.1) is 16.5 Å². The quantitative estimate of drug-likeness (QED) is 0.479. The maximum atomic E-state index is 13.5. The van der Waals surface area contributed by atoms with E-state index in [4.69, 9.17) is 16.3 Å². The summed E-state index contributed by atoms with van der Waals surface area (Å²) in [5, 5.41) is 2.70. The summed E-state index contributed by atoms with van der Waals surface area (Å²) < 4.78 is 47.3. The van der Waals surface area contributed by atoms with Crippen LogP contribution in [-0.2, 0) is 21.2 Å². The number of hydrogen-bond donors (Lipinski definition) is 2. The summed E-state index contributed by atoms with van der Waals surface area (Å²) >= 11 is 6.13. The predicted octanol–water partition coefficient (Wildman–Crippen LogP) is 4.41. The molecule has 0 aromatic heterocycles. The van der Waals surface area contributed by atoms with Crippen molar-refractivity contribution in [1.82, 2.24) is 4.72 Å². The van der Waals surface area contributed by atoms with Gasteiger partial charge in [-0.05, 0) is 55.3 Å². The van der Waals surface area contributed by atoms with Gasteiger partial charge in [-0.25, -0.2) is 12.8 Å². The van der Waals surface area contributed by atoms with Gasteiger partial charge in [0.15, 0.2) is 0 Å². The van der Waals surface area contributed by atoms with Crippen molar-refractivity contribution in [3.63, 3.8) is 0 Å². The first-order valence-corrected chi connectivity index (χ1v) is 11.7. The molecule has 0 aliphatic heterocycles. The van der Waals surface area contributed by atoms with Crippen LogP contribution in [0.2, 0.25) is 5.02 Å². The summed E-state index contributed by atoms with van der Waals surface area (Å²) in [6.45, 7) is 2.16. The number of hydrogen-bond acceptors (Lipinski definition) is 4. The first-order valence-electron chi connectivity index (χ1n) is 9.83. The molecular weight excluding hydrogens is 455 g/mol. The van der Waals surface area contributed by atoms with Gasteiger partial charge in [-0.2, -0.15) is 4.72 Å². The highest BCUT2D eigenvalue weighted by atomic mass is 35.5. The Morgan fingerprint density at radius 3 is 2.47 bits per heavy atom. The van der Waals surface area contributed by atoms with Crippen LogP contribution in [0.1, 0.15) is 12.5 Å². The molecule has 0 spiro atoms. The molecule has 3 aromatic carbocycles. The van der Waals surface area contributed by atoms with Crippen molar-refractivity contribution >= 4 is 33.2 Å². The Hall–Kier alpha value is -2.94. The molecule has 0 radical (unpaired) electrons. The van der Waals surface area contributed by atoms with E-state index in [9.17, 15) is 17.6 Å². The fraction of sp³-hybridized carbons (Fsp3) is 0.174. The molecule has 0 saturated carbocycles. The van der Waals surface area contributed by atoms with Crippen LogP contribution in [0.3, 0.4) is 0 Å². The Balaban J connectivity index is 1.87. The predicted molar refractivity (Wildman–Crippen MR) is 122 cm³/mol. The molecule has 0 unspecified atom stereocenters. The van der Waals surface area contributed by atoms with Crippen LogP contribution in [-0.4, -0.2) is 27.0 Å². The number of nitrogens with one attached hydrogen (secondary N) is 2. The Kier molecular flexibility index (Phi) is 7.84. The van der Waals surface area contributed by atoms with Gasteiger partial charge in [0, 0.05) is 5.69 Å². The largest absolute Gasteiger partial charge is 0.492 e. The van der Waals surface area contributed by atoms with Crippen LogP contribution >= 0.6 is 11.6 Å². The molecule has 2 N–H and O–H groups in total. The third-order valence-corrected chi connectivity index (χ3v) is 6.27. The average Bonchev–Trinajstić information content (AvgIpc) is 2.75. The SMILES string of the molecule is CCOc1ccc(S(=O)(=O)N[C@H](Cc2ccccc2)C(=O)Nc2cccc(F)c2)cc1Cl. The number of carbonyl (C=O) groups excluding carboxylic acids is 1. The number of anilines is 1. The first-order chi connectivity index (χ1) is 15.3. The molecular formula is C23H22ClFN2O4S. The third kappa shape index (κ3) is 6.29. The summed E-state index contributed by atoms with van der Waals surface area (Å²) in [5.74, 6) is -0.787. The number of sulfonamides is 1. The zero-order chi connectivity index (χ0) is 23.1. The van der Waals surface area contributed by atoms with Gasteiger partial charge in [0.2, 0.25) is 15.9 Å². The first kappa shape index (κ1) is 23.7. The summed E-state index contributed by atoms with van der Waals surface area (Å²) in [4.78, 5) is 12.8. The van der Waals surface area contributed by atoms with Crippen LogP contribution in [0.5, 0.6) is 5.75 Å².